The van der Waals surface area contributed by atoms with Crippen molar-refractivity contribution >= 4 is 0 Å². The number of benzene rings is 2. The third-order valence-electron chi connectivity index (χ3n) is 4.92. The summed E-state index contributed by atoms with van der Waals surface area (Å²) >= 11 is 0. The Bertz CT molecular complexity index is 608. The van der Waals surface area contributed by atoms with E-state index in [9.17, 15) is 0 Å². The van der Waals surface area contributed by atoms with E-state index in [0.717, 1.165) is 19.6 Å². The van der Waals surface area contributed by atoms with Crippen LogP contribution in [0.1, 0.15) is 29.2 Å². The standard InChI is InChI=1S/C19H22N2/c1-2-6-15(7-3-1)19-18-9-5-4-8-16(18)14-17-10-11-20-12-13-21(17)19/h1-9,17,19-20H,10-14H2. The monoisotopic (exact) mass is 278 g/mol. The van der Waals surface area contributed by atoms with Gasteiger partial charge in [0.15, 0.2) is 0 Å². The molecule has 2 heteroatoms. The fraction of sp³-hybridized carbons (Fsp3) is 0.368. The van der Waals surface area contributed by atoms with Crippen LogP contribution in [0, 0.1) is 0 Å². The highest BCUT2D eigenvalue weighted by Crippen LogP contribution is 2.38. The van der Waals surface area contributed by atoms with E-state index in [1.807, 2.05) is 0 Å². The molecular weight excluding hydrogens is 256 g/mol. The van der Waals surface area contributed by atoms with Gasteiger partial charge in [-0.1, -0.05) is 54.6 Å². The van der Waals surface area contributed by atoms with Crippen LogP contribution < -0.4 is 5.32 Å². The summed E-state index contributed by atoms with van der Waals surface area (Å²) in [6.45, 7) is 3.38. The predicted molar refractivity (Wildman–Crippen MR) is 86.4 cm³/mol. The average molecular weight is 278 g/mol. The Morgan fingerprint density at radius 2 is 1.71 bits per heavy atom. The van der Waals surface area contributed by atoms with Gasteiger partial charge >= 0.3 is 0 Å². The van der Waals surface area contributed by atoms with Gasteiger partial charge in [-0.2, -0.15) is 0 Å². The van der Waals surface area contributed by atoms with E-state index < -0.39 is 0 Å². The van der Waals surface area contributed by atoms with Crippen LogP contribution in [0.25, 0.3) is 0 Å². The second-order valence-electron chi connectivity index (χ2n) is 6.15. The molecule has 2 aliphatic heterocycles. The number of fused-ring (bicyclic) bond motifs is 2. The molecule has 1 fully saturated rings. The minimum atomic E-state index is 0.418. The van der Waals surface area contributed by atoms with Crippen LogP contribution in [0.15, 0.2) is 54.6 Å². The van der Waals surface area contributed by atoms with Gasteiger partial charge in [-0.15, -0.1) is 0 Å². The van der Waals surface area contributed by atoms with Crippen molar-refractivity contribution in [2.45, 2.75) is 24.9 Å². The molecule has 2 atom stereocenters. The van der Waals surface area contributed by atoms with Crippen molar-refractivity contribution in [1.29, 1.82) is 0 Å². The highest BCUT2D eigenvalue weighted by molar-refractivity contribution is 5.40. The van der Waals surface area contributed by atoms with Gasteiger partial charge in [0.25, 0.3) is 0 Å². The minimum Gasteiger partial charge on any atom is -0.315 e. The van der Waals surface area contributed by atoms with Gasteiger partial charge in [0, 0.05) is 19.1 Å². The number of rotatable bonds is 1. The van der Waals surface area contributed by atoms with Gasteiger partial charge in [0.05, 0.1) is 6.04 Å². The molecular formula is C19H22N2. The maximum absolute atomic E-state index is 3.56. The molecule has 21 heavy (non-hydrogen) atoms. The molecule has 2 aliphatic rings. The highest BCUT2D eigenvalue weighted by atomic mass is 15.2. The lowest BCUT2D eigenvalue weighted by atomic mass is 9.84. The van der Waals surface area contributed by atoms with Gasteiger partial charge in [-0.05, 0) is 36.1 Å². The summed E-state index contributed by atoms with van der Waals surface area (Å²) in [5, 5.41) is 3.56. The number of nitrogens with zero attached hydrogens (tertiary/aromatic N) is 1. The molecule has 0 saturated carbocycles. The minimum absolute atomic E-state index is 0.418. The molecule has 0 aromatic heterocycles. The van der Waals surface area contributed by atoms with Crippen LogP contribution >= 0.6 is 0 Å². The Kier molecular flexibility index (Phi) is 3.50. The topological polar surface area (TPSA) is 15.3 Å². The smallest absolute Gasteiger partial charge is 0.0607 e. The Labute approximate surface area is 126 Å². The van der Waals surface area contributed by atoms with Gasteiger partial charge in [-0.3, -0.25) is 4.90 Å². The Hall–Kier alpha value is -1.64. The quantitative estimate of drug-likeness (QED) is 0.862. The largest absolute Gasteiger partial charge is 0.315 e. The van der Waals surface area contributed by atoms with Crippen molar-refractivity contribution in [3.05, 3.63) is 71.3 Å². The summed E-state index contributed by atoms with van der Waals surface area (Å²) in [6, 6.07) is 21.1. The van der Waals surface area contributed by atoms with Crippen molar-refractivity contribution < 1.29 is 0 Å². The van der Waals surface area contributed by atoms with E-state index in [2.05, 4.69) is 64.8 Å². The molecule has 0 radical (unpaired) electrons. The van der Waals surface area contributed by atoms with Gasteiger partial charge in [0.1, 0.15) is 0 Å². The molecule has 2 aromatic carbocycles. The van der Waals surface area contributed by atoms with Crippen LogP contribution in [0.3, 0.4) is 0 Å². The summed E-state index contributed by atoms with van der Waals surface area (Å²) < 4.78 is 0. The molecule has 108 valence electrons. The van der Waals surface area contributed by atoms with Crippen LogP contribution in [-0.2, 0) is 6.42 Å². The molecule has 0 bridgehead atoms. The van der Waals surface area contributed by atoms with Gasteiger partial charge in [-0.25, -0.2) is 0 Å². The van der Waals surface area contributed by atoms with Crippen molar-refractivity contribution in [2.75, 3.05) is 19.6 Å². The van der Waals surface area contributed by atoms with Crippen LogP contribution in [0.5, 0.6) is 0 Å². The molecule has 4 rings (SSSR count). The molecule has 0 amide bonds. The fourth-order valence-corrected chi connectivity index (χ4v) is 3.94. The number of hydrogen-bond acceptors (Lipinski definition) is 2. The summed E-state index contributed by atoms with van der Waals surface area (Å²) in [4.78, 5) is 2.72. The van der Waals surface area contributed by atoms with Crippen LogP contribution in [0.4, 0.5) is 0 Å². The molecule has 2 aromatic rings. The Balaban J connectivity index is 1.83. The first-order valence-electron chi connectivity index (χ1n) is 8.03. The van der Waals surface area contributed by atoms with E-state index in [1.54, 1.807) is 0 Å². The molecule has 0 spiro atoms. The van der Waals surface area contributed by atoms with E-state index in [1.165, 1.54) is 29.5 Å². The maximum atomic E-state index is 3.56. The highest BCUT2D eigenvalue weighted by Gasteiger charge is 2.35. The van der Waals surface area contributed by atoms with E-state index in [0.29, 0.717) is 12.1 Å². The average Bonchev–Trinajstić information content (AvgIpc) is 2.78. The van der Waals surface area contributed by atoms with Crippen molar-refractivity contribution in [1.82, 2.24) is 10.2 Å². The van der Waals surface area contributed by atoms with E-state index >= 15 is 0 Å². The molecule has 0 aliphatic carbocycles. The van der Waals surface area contributed by atoms with Gasteiger partial charge in [0.2, 0.25) is 0 Å². The second-order valence-corrected chi connectivity index (χ2v) is 6.15. The van der Waals surface area contributed by atoms with Crippen LogP contribution in [-0.4, -0.2) is 30.6 Å². The molecule has 2 nitrogen and oxygen atoms in total. The molecule has 1 saturated heterocycles. The summed E-state index contributed by atoms with van der Waals surface area (Å²) in [5.41, 5.74) is 4.47. The van der Waals surface area contributed by atoms with Gasteiger partial charge < -0.3 is 5.32 Å². The van der Waals surface area contributed by atoms with Crippen molar-refractivity contribution in [2.24, 2.45) is 0 Å². The lowest BCUT2D eigenvalue weighted by Crippen LogP contribution is -2.44. The lowest BCUT2D eigenvalue weighted by molar-refractivity contribution is 0.148. The van der Waals surface area contributed by atoms with Crippen molar-refractivity contribution in [3.63, 3.8) is 0 Å². The first-order chi connectivity index (χ1) is 10.4. The fourth-order valence-electron chi connectivity index (χ4n) is 3.94. The van der Waals surface area contributed by atoms with E-state index in [4.69, 9.17) is 0 Å². The molecule has 2 heterocycles. The third kappa shape index (κ3) is 2.39. The maximum Gasteiger partial charge on any atom is 0.0607 e. The zero-order chi connectivity index (χ0) is 14.1. The SMILES string of the molecule is c1ccc(C2c3ccccc3CC3CCNCCN32)cc1. The normalized spacial score (nSPS) is 25.7. The first kappa shape index (κ1) is 13.1. The van der Waals surface area contributed by atoms with Crippen molar-refractivity contribution in [3.8, 4) is 0 Å². The van der Waals surface area contributed by atoms with E-state index in [-0.39, 0.29) is 0 Å². The summed E-state index contributed by atoms with van der Waals surface area (Å²) in [6.07, 6.45) is 2.44. The second kappa shape index (κ2) is 5.63. The molecule has 2 unspecified atom stereocenters. The predicted octanol–water partition coefficient (Wildman–Crippen LogP) is 3.00. The molecule has 1 N–H and O–H groups in total. The zero-order valence-electron chi connectivity index (χ0n) is 12.3. The Morgan fingerprint density at radius 1 is 0.905 bits per heavy atom. The number of nitrogens with one attached hydrogen (secondary N) is 1. The Morgan fingerprint density at radius 3 is 2.62 bits per heavy atom. The van der Waals surface area contributed by atoms with Crippen LogP contribution in [0.2, 0.25) is 0 Å². The summed E-state index contributed by atoms with van der Waals surface area (Å²) in [7, 11) is 0. The summed E-state index contributed by atoms with van der Waals surface area (Å²) in [5.74, 6) is 0. The third-order valence-corrected chi connectivity index (χ3v) is 4.92. The lowest BCUT2D eigenvalue weighted by Gasteiger charge is -2.42. The first-order valence-corrected chi connectivity index (χ1v) is 8.03. The zero-order valence-corrected chi connectivity index (χ0v) is 12.3. The number of hydrogen-bond donors (Lipinski definition) is 1.